The lowest BCUT2D eigenvalue weighted by molar-refractivity contribution is 0.0914. The van der Waals surface area contributed by atoms with Crippen molar-refractivity contribution in [2.75, 3.05) is 20.3 Å². The van der Waals surface area contributed by atoms with E-state index >= 15 is 0 Å². The van der Waals surface area contributed by atoms with E-state index in [-0.39, 0.29) is 17.6 Å². The molecular formula is C17H27NO2. The number of hydrogen-bond acceptors (Lipinski definition) is 3. The molecule has 1 aliphatic carbocycles. The van der Waals surface area contributed by atoms with Crippen LogP contribution in [-0.4, -0.2) is 30.9 Å². The summed E-state index contributed by atoms with van der Waals surface area (Å²) >= 11 is 0. The van der Waals surface area contributed by atoms with Crippen LogP contribution in [0.5, 0.6) is 5.75 Å². The average Bonchev–Trinajstić information content (AvgIpc) is 3.25. The van der Waals surface area contributed by atoms with E-state index in [1.807, 2.05) is 19.2 Å². The monoisotopic (exact) mass is 277 g/mol. The largest absolute Gasteiger partial charge is 0.492 e. The highest BCUT2D eigenvalue weighted by Gasteiger charge is 2.44. The Labute approximate surface area is 122 Å². The molecule has 0 heterocycles. The average molecular weight is 277 g/mol. The molecular weight excluding hydrogens is 250 g/mol. The van der Waals surface area contributed by atoms with Crippen LogP contribution in [0.25, 0.3) is 0 Å². The Morgan fingerprint density at radius 3 is 2.50 bits per heavy atom. The lowest BCUT2D eigenvalue weighted by atomic mass is 9.87. The Kier molecular flexibility index (Phi) is 4.40. The van der Waals surface area contributed by atoms with E-state index in [0.717, 1.165) is 5.75 Å². The normalized spacial score (nSPS) is 18.6. The van der Waals surface area contributed by atoms with Crippen molar-refractivity contribution in [1.82, 2.24) is 5.32 Å². The molecule has 3 heteroatoms. The van der Waals surface area contributed by atoms with Crippen LogP contribution in [0.2, 0.25) is 0 Å². The quantitative estimate of drug-likeness (QED) is 0.840. The van der Waals surface area contributed by atoms with E-state index < -0.39 is 0 Å². The number of aliphatic hydroxyl groups is 1. The fourth-order valence-electron chi connectivity index (χ4n) is 2.55. The molecule has 0 aliphatic heterocycles. The zero-order valence-corrected chi connectivity index (χ0v) is 13.1. The highest BCUT2D eigenvalue weighted by molar-refractivity contribution is 5.32. The summed E-state index contributed by atoms with van der Waals surface area (Å²) in [5, 5.41) is 13.0. The predicted octanol–water partition coefficient (Wildman–Crippen LogP) is 2.72. The Morgan fingerprint density at radius 2 is 2.00 bits per heavy atom. The minimum atomic E-state index is -0.294. The highest BCUT2D eigenvalue weighted by Crippen LogP contribution is 2.39. The van der Waals surface area contributed by atoms with Gasteiger partial charge in [0.15, 0.2) is 0 Å². The van der Waals surface area contributed by atoms with E-state index in [9.17, 15) is 5.11 Å². The van der Waals surface area contributed by atoms with E-state index in [4.69, 9.17) is 4.74 Å². The molecule has 1 fully saturated rings. The summed E-state index contributed by atoms with van der Waals surface area (Å²) in [6.45, 7) is 7.22. The van der Waals surface area contributed by atoms with Gasteiger partial charge in [-0.3, -0.25) is 0 Å². The first kappa shape index (κ1) is 15.3. The van der Waals surface area contributed by atoms with Gasteiger partial charge >= 0.3 is 0 Å². The second-order valence-corrected chi connectivity index (χ2v) is 6.91. The highest BCUT2D eigenvalue weighted by atomic mass is 16.5. The van der Waals surface area contributed by atoms with Crippen LogP contribution >= 0.6 is 0 Å². The molecule has 112 valence electrons. The van der Waals surface area contributed by atoms with Gasteiger partial charge in [-0.25, -0.2) is 0 Å². The third kappa shape index (κ3) is 3.33. The summed E-state index contributed by atoms with van der Waals surface area (Å²) in [5.41, 5.74) is 1.09. The smallest absolute Gasteiger partial charge is 0.119 e. The Bertz CT molecular complexity index is 443. The molecule has 1 unspecified atom stereocenters. The predicted molar refractivity (Wildman–Crippen MR) is 82.2 cm³/mol. The van der Waals surface area contributed by atoms with Crippen molar-refractivity contribution < 1.29 is 9.84 Å². The van der Waals surface area contributed by atoms with Gasteiger partial charge in [0.2, 0.25) is 0 Å². The standard InChI is InChI=1S/C17H27NO2/c1-16(2,3)14-6-5-7-15(10-14)20-12-17(11-19,18-4)13-8-9-13/h5-7,10,13,18-19H,8-9,11-12H2,1-4H3. The number of rotatable bonds is 6. The topological polar surface area (TPSA) is 41.5 Å². The van der Waals surface area contributed by atoms with Gasteiger partial charge < -0.3 is 15.2 Å². The summed E-state index contributed by atoms with van der Waals surface area (Å²) in [6, 6.07) is 8.25. The van der Waals surface area contributed by atoms with Crippen LogP contribution in [0.3, 0.4) is 0 Å². The molecule has 0 amide bonds. The molecule has 3 nitrogen and oxygen atoms in total. The first-order valence-electron chi connectivity index (χ1n) is 7.44. The molecule has 1 aliphatic rings. The maximum absolute atomic E-state index is 9.71. The van der Waals surface area contributed by atoms with Crippen molar-refractivity contribution in [2.24, 2.45) is 5.92 Å². The van der Waals surface area contributed by atoms with Gasteiger partial charge in [-0.15, -0.1) is 0 Å². The summed E-state index contributed by atoms with van der Waals surface area (Å²) in [7, 11) is 1.91. The zero-order chi connectivity index (χ0) is 14.8. The first-order valence-corrected chi connectivity index (χ1v) is 7.44. The molecule has 0 bridgehead atoms. The summed E-state index contributed by atoms with van der Waals surface area (Å²) in [4.78, 5) is 0. The fourth-order valence-corrected chi connectivity index (χ4v) is 2.55. The van der Waals surface area contributed by atoms with Crippen LogP contribution in [-0.2, 0) is 5.41 Å². The molecule has 0 spiro atoms. The minimum absolute atomic E-state index is 0.118. The van der Waals surface area contributed by atoms with Crippen LogP contribution in [0.4, 0.5) is 0 Å². The van der Waals surface area contributed by atoms with Crippen LogP contribution < -0.4 is 10.1 Å². The molecule has 2 N–H and O–H groups in total. The van der Waals surface area contributed by atoms with Crippen LogP contribution in [0.15, 0.2) is 24.3 Å². The number of ether oxygens (including phenoxy) is 1. The second kappa shape index (κ2) is 5.74. The van der Waals surface area contributed by atoms with Gasteiger partial charge in [0.05, 0.1) is 12.1 Å². The van der Waals surface area contributed by atoms with Crippen LogP contribution in [0, 0.1) is 5.92 Å². The van der Waals surface area contributed by atoms with Crippen molar-refractivity contribution in [3.63, 3.8) is 0 Å². The summed E-state index contributed by atoms with van der Waals surface area (Å²) in [6.07, 6.45) is 2.35. The second-order valence-electron chi connectivity index (χ2n) is 6.91. The van der Waals surface area contributed by atoms with E-state index in [2.05, 4.69) is 38.2 Å². The molecule has 1 saturated carbocycles. The lowest BCUT2D eigenvalue weighted by Crippen LogP contribution is -2.53. The molecule has 20 heavy (non-hydrogen) atoms. The van der Waals surface area contributed by atoms with E-state index in [0.29, 0.717) is 12.5 Å². The van der Waals surface area contributed by atoms with Gasteiger partial charge in [-0.2, -0.15) is 0 Å². The molecule has 0 radical (unpaired) electrons. The third-order valence-corrected chi connectivity index (χ3v) is 4.34. The van der Waals surface area contributed by atoms with Crippen molar-refractivity contribution in [1.29, 1.82) is 0 Å². The number of benzene rings is 1. The summed E-state index contributed by atoms with van der Waals surface area (Å²) in [5.74, 6) is 1.41. The molecule has 0 saturated heterocycles. The Morgan fingerprint density at radius 1 is 1.30 bits per heavy atom. The fraction of sp³-hybridized carbons (Fsp3) is 0.647. The van der Waals surface area contributed by atoms with Gasteiger partial charge in [0.25, 0.3) is 0 Å². The maximum atomic E-state index is 9.71. The zero-order valence-electron chi connectivity index (χ0n) is 13.1. The number of likely N-dealkylation sites (N-methyl/N-ethyl adjacent to an activating group) is 1. The van der Waals surface area contributed by atoms with Crippen LogP contribution in [0.1, 0.15) is 39.2 Å². The van der Waals surface area contributed by atoms with Gasteiger partial charge in [-0.1, -0.05) is 32.9 Å². The molecule has 0 aromatic heterocycles. The lowest BCUT2D eigenvalue weighted by Gasteiger charge is -2.31. The molecule has 1 aromatic rings. The third-order valence-electron chi connectivity index (χ3n) is 4.34. The van der Waals surface area contributed by atoms with E-state index in [1.54, 1.807) is 0 Å². The number of hydrogen-bond donors (Lipinski definition) is 2. The first-order chi connectivity index (χ1) is 9.41. The molecule has 1 atom stereocenters. The van der Waals surface area contributed by atoms with E-state index in [1.165, 1.54) is 18.4 Å². The van der Waals surface area contributed by atoms with Gasteiger partial charge in [0, 0.05) is 0 Å². The number of aliphatic hydroxyl groups excluding tert-OH is 1. The number of nitrogens with one attached hydrogen (secondary N) is 1. The summed E-state index contributed by atoms with van der Waals surface area (Å²) < 4.78 is 5.97. The van der Waals surface area contributed by atoms with Gasteiger partial charge in [0.1, 0.15) is 12.4 Å². The Hall–Kier alpha value is -1.06. The maximum Gasteiger partial charge on any atom is 0.119 e. The molecule has 2 rings (SSSR count). The van der Waals surface area contributed by atoms with Gasteiger partial charge in [-0.05, 0) is 48.9 Å². The SMILES string of the molecule is CNC(CO)(COc1cccc(C(C)(C)C)c1)C1CC1. The minimum Gasteiger partial charge on any atom is -0.492 e. The van der Waals surface area contributed by atoms with Crippen molar-refractivity contribution in [3.05, 3.63) is 29.8 Å². The molecule has 1 aromatic carbocycles. The Balaban J connectivity index is 2.06. The van der Waals surface area contributed by atoms with Crippen molar-refractivity contribution in [2.45, 2.75) is 44.6 Å². The van der Waals surface area contributed by atoms with Crippen molar-refractivity contribution in [3.8, 4) is 5.75 Å². The van der Waals surface area contributed by atoms with Crippen molar-refractivity contribution >= 4 is 0 Å².